The molecule has 5 nitrogen and oxygen atoms in total. The minimum atomic E-state index is -0.170. The highest BCUT2D eigenvalue weighted by molar-refractivity contribution is 5.79. The van der Waals surface area contributed by atoms with Gasteiger partial charge < -0.3 is 15.3 Å². The van der Waals surface area contributed by atoms with Gasteiger partial charge in [-0.3, -0.25) is 9.59 Å². The summed E-state index contributed by atoms with van der Waals surface area (Å²) in [4.78, 5) is 26.5. The topological polar surface area (TPSA) is 69.6 Å². The van der Waals surface area contributed by atoms with Crippen LogP contribution in [0.2, 0.25) is 0 Å². The Hall–Kier alpha value is -1.88. The zero-order valence-electron chi connectivity index (χ0n) is 14.9. The normalized spacial score (nSPS) is 26.0. The van der Waals surface area contributed by atoms with Gasteiger partial charge in [0.05, 0.1) is 12.5 Å². The number of benzene rings is 1. The van der Waals surface area contributed by atoms with Crippen molar-refractivity contribution in [2.24, 2.45) is 5.92 Å². The van der Waals surface area contributed by atoms with Gasteiger partial charge in [0.1, 0.15) is 0 Å². The van der Waals surface area contributed by atoms with E-state index in [-0.39, 0.29) is 30.5 Å². The van der Waals surface area contributed by atoms with E-state index in [0.717, 1.165) is 37.7 Å². The van der Waals surface area contributed by atoms with Crippen LogP contribution < -0.4 is 5.32 Å². The van der Waals surface area contributed by atoms with Crippen LogP contribution in [0, 0.1) is 5.92 Å². The number of rotatable bonds is 4. The fourth-order valence-electron chi connectivity index (χ4n) is 4.20. The molecule has 1 aromatic rings. The predicted octanol–water partition coefficient (Wildman–Crippen LogP) is 2.19. The van der Waals surface area contributed by atoms with Gasteiger partial charge in [-0.15, -0.1) is 0 Å². The summed E-state index contributed by atoms with van der Waals surface area (Å²) in [6, 6.07) is 8.14. The molecule has 1 saturated carbocycles. The van der Waals surface area contributed by atoms with Gasteiger partial charge in [-0.2, -0.15) is 0 Å². The average Bonchev–Trinajstić information content (AvgIpc) is 2.62. The molecule has 1 fully saturated rings. The van der Waals surface area contributed by atoms with E-state index in [1.165, 1.54) is 5.56 Å². The molecule has 25 heavy (non-hydrogen) atoms. The first-order chi connectivity index (χ1) is 12.1. The quantitative estimate of drug-likeness (QED) is 0.880. The third kappa shape index (κ3) is 4.21. The van der Waals surface area contributed by atoms with Gasteiger partial charge in [0, 0.05) is 26.1 Å². The first-order valence-corrected chi connectivity index (χ1v) is 9.33. The van der Waals surface area contributed by atoms with Crippen LogP contribution >= 0.6 is 0 Å². The number of carbonyl (C=O) groups excluding carboxylic acids is 2. The van der Waals surface area contributed by atoms with Crippen LogP contribution in [0.3, 0.4) is 0 Å². The third-order valence-corrected chi connectivity index (χ3v) is 5.67. The molecular weight excluding hydrogens is 316 g/mol. The third-order valence-electron chi connectivity index (χ3n) is 5.67. The minimum Gasteiger partial charge on any atom is -0.396 e. The van der Waals surface area contributed by atoms with Crippen molar-refractivity contribution in [3.05, 3.63) is 35.4 Å². The van der Waals surface area contributed by atoms with Crippen molar-refractivity contribution in [1.29, 1.82) is 0 Å². The van der Waals surface area contributed by atoms with E-state index in [4.69, 9.17) is 0 Å². The van der Waals surface area contributed by atoms with Crippen LogP contribution in [-0.2, 0) is 16.0 Å². The molecule has 1 aliphatic carbocycles. The average molecular weight is 344 g/mol. The lowest BCUT2D eigenvalue weighted by Crippen LogP contribution is -2.43. The van der Waals surface area contributed by atoms with Gasteiger partial charge in [-0.1, -0.05) is 24.3 Å². The summed E-state index contributed by atoms with van der Waals surface area (Å²) >= 11 is 0. The molecular formula is C20H28N2O3. The van der Waals surface area contributed by atoms with E-state index >= 15 is 0 Å². The molecule has 2 N–H and O–H groups in total. The lowest BCUT2D eigenvalue weighted by molar-refractivity contribution is -0.133. The maximum Gasteiger partial charge on any atom is 0.222 e. The highest BCUT2D eigenvalue weighted by atomic mass is 16.3. The molecule has 1 aliphatic heterocycles. The largest absolute Gasteiger partial charge is 0.396 e. The molecule has 0 saturated heterocycles. The molecule has 2 amide bonds. The molecule has 1 unspecified atom stereocenters. The highest BCUT2D eigenvalue weighted by Crippen LogP contribution is 2.32. The first kappa shape index (κ1) is 17.9. The zero-order chi connectivity index (χ0) is 17.8. The second-order valence-electron chi connectivity index (χ2n) is 7.35. The zero-order valence-corrected chi connectivity index (χ0v) is 14.9. The van der Waals surface area contributed by atoms with E-state index in [2.05, 4.69) is 11.4 Å². The molecule has 0 bridgehead atoms. The molecule has 0 spiro atoms. The second-order valence-corrected chi connectivity index (χ2v) is 7.35. The molecule has 1 heterocycles. The summed E-state index contributed by atoms with van der Waals surface area (Å²) in [5, 5.41) is 12.4. The Labute approximate surface area is 149 Å². The monoisotopic (exact) mass is 344 g/mol. The molecule has 2 aliphatic rings. The molecule has 5 heteroatoms. The summed E-state index contributed by atoms with van der Waals surface area (Å²) in [7, 11) is 0. The number of fused-ring (bicyclic) bond motifs is 1. The summed E-state index contributed by atoms with van der Waals surface area (Å²) in [6.45, 7) is 2.49. The Kier molecular flexibility index (Phi) is 5.74. The smallest absolute Gasteiger partial charge is 0.222 e. The maximum atomic E-state index is 12.6. The van der Waals surface area contributed by atoms with Gasteiger partial charge in [0.2, 0.25) is 11.8 Å². The second kappa shape index (κ2) is 8.00. The van der Waals surface area contributed by atoms with Crippen molar-refractivity contribution < 1.29 is 14.7 Å². The van der Waals surface area contributed by atoms with Gasteiger partial charge in [0.15, 0.2) is 0 Å². The Morgan fingerprint density at radius 1 is 1.20 bits per heavy atom. The van der Waals surface area contributed by atoms with Gasteiger partial charge in [-0.05, 0) is 49.1 Å². The van der Waals surface area contributed by atoms with Gasteiger partial charge in [0.25, 0.3) is 0 Å². The number of amides is 2. The van der Waals surface area contributed by atoms with Crippen molar-refractivity contribution in [2.45, 2.75) is 57.5 Å². The van der Waals surface area contributed by atoms with Crippen molar-refractivity contribution in [1.82, 2.24) is 10.2 Å². The Bertz CT molecular complexity index is 623. The van der Waals surface area contributed by atoms with Crippen molar-refractivity contribution in [3.8, 4) is 0 Å². The first-order valence-electron chi connectivity index (χ1n) is 9.33. The summed E-state index contributed by atoms with van der Waals surface area (Å²) in [5.74, 6) is 0.419. The number of hydrogen-bond acceptors (Lipinski definition) is 3. The van der Waals surface area contributed by atoms with Crippen LogP contribution in [0.1, 0.15) is 56.2 Å². The molecule has 1 atom stereocenters. The van der Waals surface area contributed by atoms with Gasteiger partial charge >= 0.3 is 0 Å². The fraction of sp³-hybridized carbons (Fsp3) is 0.600. The number of carbonyl (C=O) groups is 2. The number of aliphatic hydroxyl groups is 1. The van der Waals surface area contributed by atoms with Crippen molar-refractivity contribution in [3.63, 3.8) is 0 Å². The van der Waals surface area contributed by atoms with E-state index in [1.54, 1.807) is 6.92 Å². The van der Waals surface area contributed by atoms with Gasteiger partial charge in [-0.25, -0.2) is 0 Å². The number of hydrogen-bond donors (Lipinski definition) is 2. The van der Waals surface area contributed by atoms with Crippen LogP contribution in [0.15, 0.2) is 24.3 Å². The Morgan fingerprint density at radius 2 is 1.92 bits per heavy atom. The molecule has 136 valence electrons. The van der Waals surface area contributed by atoms with Crippen LogP contribution in [-0.4, -0.2) is 41.0 Å². The Morgan fingerprint density at radius 3 is 2.60 bits per heavy atom. The standard InChI is InChI=1S/C20H28N2O3/c1-14(24)22-11-10-16-4-2-3-5-18(16)19(22)12-20(25)21-17-8-6-15(13-23)7-9-17/h2-5,15,17,19,23H,6-13H2,1H3,(H,21,25). The van der Waals surface area contributed by atoms with Crippen LogP contribution in [0.5, 0.6) is 0 Å². The predicted molar refractivity (Wildman–Crippen MR) is 95.9 cm³/mol. The van der Waals surface area contributed by atoms with Crippen LogP contribution in [0.25, 0.3) is 0 Å². The number of aliphatic hydroxyl groups excluding tert-OH is 1. The number of nitrogens with one attached hydrogen (secondary N) is 1. The molecule has 1 aromatic carbocycles. The molecule has 3 rings (SSSR count). The van der Waals surface area contributed by atoms with Crippen LogP contribution in [0.4, 0.5) is 0 Å². The highest BCUT2D eigenvalue weighted by Gasteiger charge is 2.31. The maximum absolute atomic E-state index is 12.6. The Balaban J connectivity index is 1.65. The SMILES string of the molecule is CC(=O)N1CCc2ccccc2C1CC(=O)NC1CCC(CO)CC1. The molecule has 0 radical (unpaired) electrons. The minimum absolute atomic E-state index is 0.0143. The fourth-order valence-corrected chi connectivity index (χ4v) is 4.20. The van der Waals surface area contributed by atoms with E-state index in [0.29, 0.717) is 18.9 Å². The van der Waals surface area contributed by atoms with E-state index in [1.807, 2.05) is 23.1 Å². The van der Waals surface area contributed by atoms with Crippen molar-refractivity contribution in [2.75, 3.05) is 13.2 Å². The lowest BCUT2D eigenvalue weighted by Gasteiger charge is -2.37. The summed E-state index contributed by atoms with van der Waals surface area (Å²) in [6.07, 6.45) is 4.94. The lowest BCUT2D eigenvalue weighted by atomic mass is 9.86. The summed E-state index contributed by atoms with van der Waals surface area (Å²) in [5.41, 5.74) is 2.34. The molecule has 0 aromatic heterocycles. The summed E-state index contributed by atoms with van der Waals surface area (Å²) < 4.78 is 0. The number of nitrogens with zero attached hydrogens (tertiary/aromatic N) is 1. The van der Waals surface area contributed by atoms with E-state index in [9.17, 15) is 14.7 Å². The van der Waals surface area contributed by atoms with E-state index < -0.39 is 0 Å². The van der Waals surface area contributed by atoms with Crippen molar-refractivity contribution >= 4 is 11.8 Å².